The van der Waals surface area contributed by atoms with E-state index in [1.54, 1.807) is 0 Å². The van der Waals surface area contributed by atoms with Gasteiger partial charge in [-0.05, 0) is 12.0 Å². The van der Waals surface area contributed by atoms with Crippen LogP contribution < -0.4 is 10.6 Å². The quantitative estimate of drug-likeness (QED) is 0.734. The van der Waals surface area contributed by atoms with Crippen LogP contribution in [0, 0.1) is 0 Å². The summed E-state index contributed by atoms with van der Waals surface area (Å²) in [5.41, 5.74) is 0.977. The third-order valence-corrected chi connectivity index (χ3v) is 3.11. The Hall–Kier alpha value is -2.80. The summed E-state index contributed by atoms with van der Waals surface area (Å²) in [6.45, 7) is -0.0385. The number of carbonyl (C=O) groups is 2. The van der Waals surface area contributed by atoms with Gasteiger partial charge in [0.05, 0.1) is 19.9 Å². The van der Waals surface area contributed by atoms with Crippen LogP contribution in [0.25, 0.3) is 0 Å². The van der Waals surface area contributed by atoms with Gasteiger partial charge < -0.3 is 10.1 Å². The number of aromatic nitrogens is 2. The number of carbonyl (C=O) groups excluding carboxylic acids is 2. The van der Waals surface area contributed by atoms with E-state index >= 15 is 0 Å². The molecule has 0 aliphatic carbocycles. The van der Waals surface area contributed by atoms with Crippen LogP contribution in [0.15, 0.2) is 48.9 Å². The van der Waals surface area contributed by atoms with Crippen molar-refractivity contribution in [2.45, 2.75) is 12.5 Å². The third-order valence-electron chi connectivity index (χ3n) is 3.11. The van der Waals surface area contributed by atoms with E-state index in [-0.39, 0.29) is 12.5 Å². The summed E-state index contributed by atoms with van der Waals surface area (Å²) < 4.78 is 4.78. The van der Waals surface area contributed by atoms with Gasteiger partial charge in [-0.3, -0.25) is 19.9 Å². The van der Waals surface area contributed by atoms with Crippen molar-refractivity contribution in [3.8, 4) is 0 Å². The van der Waals surface area contributed by atoms with Crippen molar-refractivity contribution in [3.05, 3.63) is 54.5 Å². The molecule has 1 atom stereocenters. The highest BCUT2D eigenvalue weighted by Crippen LogP contribution is 2.04. The molecule has 120 valence electrons. The van der Waals surface area contributed by atoms with Crippen molar-refractivity contribution < 1.29 is 14.3 Å². The molecule has 0 saturated carbocycles. The number of nitrogens with zero attached hydrogens (tertiary/aromatic N) is 2. The van der Waals surface area contributed by atoms with E-state index in [4.69, 9.17) is 4.74 Å². The maximum Gasteiger partial charge on any atom is 0.323 e. The van der Waals surface area contributed by atoms with Crippen LogP contribution in [-0.4, -0.2) is 41.5 Å². The summed E-state index contributed by atoms with van der Waals surface area (Å²) in [7, 11) is 1.32. The maximum absolute atomic E-state index is 11.9. The Labute approximate surface area is 134 Å². The molecular formula is C16H18N4O3. The van der Waals surface area contributed by atoms with Crippen LogP contribution in [0.2, 0.25) is 0 Å². The fourth-order valence-corrected chi connectivity index (χ4v) is 2.00. The van der Waals surface area contributed by atoms with Gasteiger partial charge in [0.15, 0.2) is 5.82 Å². The smallest absolute Gasteiger partial charge is 0.323 e. The molecule has 23 heavy (non-hydrogen) atoms. The number of hydrogen-bond acceptors (Lipinski definition) is 6. The standard InChI is InChI=1S/C16H18N4O3/c1-23-16(22)13(9-12-5-3-2-4-6-12)19-11-15(21)20-14-10-17-7-8-18-14/h2-8,10,13,19H,9,11H2,1H3,(H,18,20,21)/t13-/m0/s1. The highest BCUT2D eigenvalue weighted by Gasteiger charge is 2.20. The summed E-state index contributed by atoms with van der Waals surface area (Å²) in [5.74, 6) is -0.370. The van der Waals surface area contributed by atoms with Gasteiger partial charge in [0.2, 0.25) is 5.91 Å². The molecule has 0 unspecified atom stereocenters. The SMILES string of the molecule is COC(=O)[C@H](Cc1ccccc1)NCC(=O)Nc1cnccn1. The van der Waals surface area contributed by atoms with Crippen LogP contribution >= 0.6 is 0 Å². The molecule has 1 heterocycles. The lowest BCUT2D eigenvalue weighted by Crippen LogP contribution is -2.43. The van der Waals surface area contributed by atoms with Gasteiger partial charge in [0.1, 0.15) is 6.04 Å². The Balaban J connectivity index is 1.90. The molecule has 0 saturated heterocycles. The lowest BCUT2D eigenvalue weighted by molar-refractivity contribution is -0.143. The molecule has 0 bridgehead atoms. The van der Waals surface area contributed by atoms with Crippen LogP contribution in [0.4, 0.5) is 5.82 Å². The largest absolute Gasteiger partial charge is 0.468 e. The number of anilines is 1. The molecule has 7 heteroatoms. The van der Waals surface area contributed by atoms with Crippen molar-refractivity contribution in [1.29, 1.82) is 0 Å². The Morgan fingerprint density at radius 1 is 1.22 bits per heavy atom. The van der Waals surface area contributed by atoms with Crippen LogP contribution in [-0.2, 0) is 20.7 Å². The number of esters is 1. The molecule has 2 rings (SSSR count). The Morgan fingerprint density at radius 3 is 2.65 bits per heavy atom. The second-order valence-corrected chi connectivity index (χ2v) is 4.79. The highest BCUT2D eigenvalue weighted by molar-refractivity contribution is 5.91. The van der Waals surface area contributed by atoms with Gasteiger partial charge in [-0.15, -0.1) is 0 Å². The second-order valence-electron chi connectivity index (χ2n) is 4.79. The van der Waals surface area contributed by atoms with Crippen molar-refractivity contribution in [2.24, 2.45) is 0 Å². The molecule has 0 spiro atoms. The van der Waals surface area contributed by atoms with Gasteiger partial charge in [0.25, 0.3) is 0 Å². The number of amides is 1. The van der Waals surface area contributed by atoms with Gasteiger partial charge in [-0.1, -0.05) is 30.3 Å². The summed E-state index contributed by atoms with van der Waals surface area (Å²) in [5, 5.41) is 5.50. The first kappa shape index (κ1) is 16.6. The number of hydrogen-bond donors (Lipinski definition) is 2. The number of nitrogens with one attached hydrogen (secondary N) is 2. The number of ether oxygens (including phenoxy) is 1. The minimum Gasteiger partial charge on any atom is -0.468 e. The molecule has 0 aliphatic rings. The predicted molar refractivity (Wildman–Crippen MR) is 84.6 cm³/mol. The molecule has 7 nitrogen and oxygen atoms in total. The van der Waals surface area contributed by atoms with Crippen molar-refractivity contribution in [1.82, 2.24) is 15.3 Å². The first-order chi connectivity index (χ1) is 11.2. The third kappa shape index (κ3) is 5.48. The van der Waals surface area contributed by atoms with E-state index in [0.29, 0.717) is 12.2 Å². The molecule has 2 N–H and O–H groups in total. The average molecular weight is 314 g/mol. The first-order valence-corrected chi connectivity index (χ1v) is 7.10. The molecule has 0 fully saturated rings. The van der Waals surface area contributed by atoms with Crippen molar-refractivity contribution in [3.63, 3.8) is 0 Å². The summed E-state index contributed by atoms with van der Waals surface area (Å²) in [6, 6.07) is 8.91. The molecule has 0 radical (unpaired) electrons. The van der Waals surface area contributed by atoms with Gasteiger partial charge >= 0.3 is 5.97 Å². The van der Waals surface area contributed by atoms with Crippen LogP contribution in [0.3, 0.4) is 0 Å². The normalized spacial score (nSPS) is 11.5. The van der Waals surface area contributed by atoms with Gasteiger partial charge in [-0.2, -0.15) is 0 Å². The van der Waals surface area contributed by atoms with Crippen LogP contribution in [0.1, 0.15) is 5.56 Å². The zero-order chi connectivity index (χ0) is 16.5. The molecule has 0 aliphatic heterocycles. The van der Waals surface area contributed by atoms with Gasteiger partial charge in [-0.25, -0.2) is 4.98 Å². The first-order valence-electron chi connectivity index (χ1n) is 7.10. The van der Waals surface area contributed by atoms with E-state index in [1.165, 1.54) is 25.7 Å². The van der Waals surface area contributed by atoms with Crippen LogP contribution in [0.5, 0.6) is 0 Å². The molecule has 2 aromatic rings. The maximum atomic E-state index is 11.9. The van der Waals surface area contributed by atoms with Gasteiger partial charge in [0, 0.05) is 12.4 Å². The second kappa shape index (κ2) is 8.60. The number of methoxy groups -OCH3 is 1. The predicted octanol–water partition coefficient (Wildman–Crippen LogP) is 0.789. The minimum atomic E-state index is -0.602. The van der Waals surface area contributed by atoms with E-state index in [0.717, 1.165) is 5.56 Å². The molecule has 1 amide bonds. The average Bonchev–Trinajstić information content (AvgIpc) is 2.59. The minimum absolute atomic E-state index is 0.0385. The molecular weight excluding hydrogens is 296 g/mol. The summed E-state index contributed by atoms with van der Waals surface area (Å²) in [4.78, 5) is 31.5. The highest BCUT2D eigenvalue weighted by atomic mass is 16.5. The topological polar surface area (TPSA) is 93.2 Å². The number of benzene rings is 1. The molecule has 1 aromatic heterocycles. The summed E-state index contributed by atoms with van der Waals surface area (Å²) in [6.07, 6.45) is 4.88. The van der Waals surface area contributed by atoms with Crippen molar-refractivity contribution in [2.75, 3.05) is 19.0 Å². The zero-order valence-electron chi connectivity index (χ0n) is 12.7. The Kier molecular flexibility index (Phi) is 6.19. The summed E-state index contributed by atoms with van der Waals surface area (Å²) >= 11 is 0. The zero-order valence-corrected chi connectivity index (χ0v) is 12.7. The molecule has 1 aromatic carbocycles. The fraction of sp³-hybridized carbons (Fsp3) is 0.250. The van der Waals surface area contributed by atoms with E-state index in [1.807, 2.05) is 30.3 Å². The lowest BCUT2D eigenvalue weighted by Gasteiger charge is -2.16. The fourth-order valence-electron chi connectivity index (χ4n) is 2.00. The van der Waals surface area contributed by atoms with E-state index < -0.39 is 12.0 Å². The number of rotatable bonds is 7. The van der Waals surface area contributed by atoms with E-state index in [9.17, 15) is 9.59 Å². The van der Waals surface area contributed by atoms with Crippen molar-refractivity contribution >= 4 is 17.7 Å². The Morgan fingerprint density at radius 2 is 2.00 bits per heavy atom. The van der Waals surface area contributed by atoms with E-state index in [2.05, 4.69) is 20.6 Å². The lowest BCUT2D eigenvalue weighted by atomic mass is 10.1. The Bertz CT molecular complexity index is 634. The monoisotopic (exact) mass is 314 g/mol.